The number of ether oxygens (including phenoxy) is 1. The standard InChI is InChI=1S/C17H13ClN4O5S/c18-11-4-6-14(7-5-11)26-9-16-20-21-17(27-16)28-10-15(23)19-12-2-1-3-13(8-12)22(24)25/h1-8H,9-10H2,(H,19,23). The third-order valence-corrected chi connectivity index (χ3v) is 4.36. The van der Waals surface area contributed by atoms with Crippen LogP contribution in [0.5, 0.6) is 5.75 Å². The third kappa shape index (κ3) is 5.69. The summed E-state index contributed by atoms with van der Waals surface area (Å²) in [7, 11) is 0. The lowest BCUT2D eigenvalue weighted by molar-refractivity contribution is -0.384. The minimum atomic E-state index is -0.531. The van der Waals surface area contributed by atoms with E-state index in [4.69, 9.17) is 20.8 Å². The Hall–Kier alpha value is -3.11. The van der Waals surface area contributed by atoms with Crippen molar-refractivity contribution in [3.63, 3.8) is 0 Å². The molecule has 1 N–H and O–H groups in total. The average Bonchev–Trinajstić information content (AvgIpc) is 3.14. The van der Waals surface area contributed by atoms with Crippen molar-refractivity contribution in [2.45, 2.75) is 11.8 Å². The zero-order chi connectivity index (χ0) is 19.9. The molecule has 9 nitrogen and oxygen atoms in total. The molecule has 1 heterocycles. The highest BCUT2D eigenvalue weighted by Gasteiger charge is 2.12. The van der Waals surface area contributed by atoms with Gasteiger partial charge >= 0.3 is 0 Å². The maximum atomic E-state index is 12.0. The van der Waals surface area contributed by atoms with Crippen LogP contribution < -0.4 is 10.1 Å². The highest BCUT2D eigenvalue weighted by atomic mass is 35.5. The Balaban J connectivity index is 1.47. The molecule has 144 valence electrons. The van der Waals surface area contributed by atoms with Crippen LogP contribution in [0.15, 0.2) is 58.2 Å². The van der Waals surface area contributed by atoms with Gasteiger partial charge in [0.15, 0.2) is 6.61 Å². The van der Waals surface area contributed by atoms with Gasteiger partial charge in [-0.3, -0.25) is 14.9 Å². The number of rotatable bonds is 8. The monoisotopic (exact) mass is 420 g/mol. The van der Waals surface area contributed by atoms with Crippen molar-refractivity contribution in [3.05, 3.63) is 69.6 Å². The molecule has 1 aromatic heterocycles. The second kappa shape index (κ2) is 9.20. The Labute approximate surface area is 168 Å². The maximum absolute atomic E-state index is 12.0. The van der Waals surface area contributed by atoms with Gasteiger partial charge in [0.25, 0.3) is 16.8 Å². The van der Waals surface area contributed by atoms with Gasteiger partial charge in [-0.15, -0.1) is 10.2 Å². The highest BCUT2D eigenvalue weighted by molar-refractivity contribution is 7.99. The first-order chi connectivity index (χ1) is 13.5. The number of nitrogens with one attached hydrogen (secondary N) is 1. The molecule has 0 aliphatic rings. The number of hydrogen-bond acceptors (Lipinski definition) is 8. The van der Waals surface area contributed by atoms with Gasteiger partial charge in [-0.2, -0.15) is 0 Å². The minimum Gasteiger partial charge on any atom is -0.484 e. The lowest BCUT2D eigenvalue weighted by Crippen LogP contribution is -2.14. The molecule has 0 atom stereocenters. The fourth-order valence-corrected chi connectivity index (χ4v) is 2.76. The van der Waals surface area contributed by atoms with Gasteiger partial charge in [-0.25, -0.2) is 0 Å². The van der Waals surface area contributed by atoms with E-state index >= 15 is 0 Å². The second-order valence-electron chi connectivity index (χ2n) is 5.35. The number of benzene rings is 2. The van der Waals surface area contributed by atoms with E-state index in [2.05, 4.69) is 15.5 Å². The average molecular weight is 421 g/mol. The zero-order valence-corrected chi connectivity index (χ0v) is 15.8. The van der Waals surface area contributed by atoms with Gasteiger partial charge in [0.1, 0.15) is 5.75 Å². The normalized spacial score (nSPS) is 10.5. The van der Waals surface area contributed by atoms with Crippen molar-refractivity contribution in [1.29, 1.82) is 0 Å². The molecule has 0 aliphatic heterocycles. The van der Waals surface area contributed by atoms with Crippen LogP contribution in [0.25, 0.3) is 0 Å². The Bertz CT molecular complexity index is 980. The molecule has 0 aliphatic carbocycles. The SMILES string of the molecule is O=C(CSc1nnc(COc2ccc(Cl)cc2)o1)Nc1cccc([N+](=O)[O-])c1. The molecule has 28 heavy (non-hydrogen) atoms. The fourth-order valence-electron chi connectivity index (χ4n) is 2.05. The lowest BCUT2D eigenvalue weighted by Gasteiger charge is -2.03. The molecule has 0 spiro atoms. The largest absolute Gasteiger partial charge is 0.484 e. The number of thioether (sulfide) groups is 1. The number of hydrogen-bond donors (Lipinski definition) is 1. The molecule has 3 aromatic rings. The molecule has 0 radical (unpaired) electrons. The zero-order valence-electron chi connectivity index (χ0n) is 14.2. The van der Waals surface area contributed by atoms with Gasteiger partial charge in [0.05, 0.1) is 10.7 Å². The number of nitrogens with zero attached hydrogens (tertiary/aromatic N) is 3. The van der Waals surface area contributed by atoms with E-state index in [0.29, 0.717) is 16.5 Å². The summed E-state index contributed by atoms with van der Waals surface area (Å²) >= 11 is 6.85. The third-order valence-electron chi connectivity index (χ3n) is 3.29. The summed E-state index contributed by atoms with van der Waals surface area (Å²) in [6.07, 6.45) is 0. The fraction of sp³-hybridized carbons (Fsp3) is 0.118. The summed E-state index contributed by atoms with van der Waals surface area (Å²) in [5, 5.41) is 21.8. The number of halogens is 1. The van der Waals surface area contributed by atoms with E-state index in [1.807, 2.05) is 0 Å². The maximum Gasteiger partial charge on any atom is 0.277 e. The van der Waals surface area contributed by atoms with E-state index in [1.165, 1.54) is 18.2 Å². The van der Waals surface area contributed by atoms with E-state index < -0.39 is 4.92 Å². The first-order valence-corrected chi connectivity index (χ1v) is 9.24. The van der Waals surface area contributed by atoms with E-state index in [1.54, 1.807) is 30.3 Å². The summed E-state index contributed by atoms with van der Waals surface area (Å²) in [4.78, 5) is 22.2. The van der Waals surface area contributed by atoms with Gasteiger partial charge < -0.3 is 14.5 Å². The van der Waals surface area contributed by atoms with Crippen LogP contribution in [-0.2, 0) is 11.4 Å². The number of aromatic nitrogens is 2. The summed E-state index contributed by atoms with van der Waals surface area (Å²) in [6, 6.07) is 12.5. The Morgan fingerprint density at radius 3 is 2.79 bits per heavy atom. The summed E-state index contributed by atoms with van der Waals surface area (Å²) < 4.78 is 10.9. The Morgan fingerprint density at radius 2 is 2.04 bits per heavy atom. The minimum absolute atomic E-state index is 0.00235. The molecule has 0 unspecified atom stereocenters. The quantitative estimate of drug-likeness (QED) is 0.330. The molecular weight excluding hydrogens is 408 g/mol. The van der Waals surface area contributed by atoms with Gasteiger partial charge in [-0.05, 0) is 30.3 Å². The lowest BCUT2D eigenvalue weighted by atomic mass is 10.3. The number of nitro benzene ring substituents is 1. The Kier molecular flexibility index (Phi) is 6.45. The molecule has 3 rings (SSSR count). The molecule has 0 bridgehead atoms. The van der Waals surface area contributed by atoms with Crippen LogP contribution in [-0.4, -0.2) is 26.8 Å². The molecular formula is C17H13ClN4O5S. The van der Waals surface area contributed by atoms with Crippen LogP contribution in [0.4, 0.5) is 11.4 Å². The van der Waals surface area contributed by atoms with Crippen molar-refractivity contribution in [1.82, 2.24) is 10.2 Å². The first kappa shape index (κ1) is 19.6. The van der Waals surface area contributed by atoms with Crippen molar-refractivity contribution in [2.75, 3.05) is 11.1 Å². The molecule has 0 fully saturated rings. The number of non-ortho nitro benzene ring substituents is 1. The number of anilines is 1. The predicted octanol–water partition coefficient (Wildman–Crippen LogP) is 3.94. The molecule has 0 saturated carbocycles. The Morgan fingerprint density at radius 1 is 1.25 bits per heavy atom. The van der Waals surface area contributed by atoms with Crippen molar-refractivity contribution < 1.29 is 18.9 Å². The van der Waals surface area contributed by atoms with Crippen LogP contribution in [0, 0.1) is 10.1 Å². The van der Waals surface area contributed by atoms with E-state index in [0.717, 1.165) is 11.8 Å². The van der Waals surface area contributed by atoms with Gasteiger partial charge in [-0.1, -0.05) is 29.4 Å². The number of carbonyl (C=O) groups excluding carboxylic acids is 1. The highest BCUT2D eigenvalue weighted by Crippen LogP contribution is 2.21. The summed E-state index contributed by atoms with van der Waals surface area (Å²) in [6.45, 7) is 0.0784. The summed E-state index contributed by atoms with van der Waals surface area (Å²) in [5.74, 6) is 0.509. The summed E-state index contributed by atoms with van der Waals surface area (Å²) in [5.41, 5.74) is 0.232. The van der Waals surface area contributed by atoms with Crippen molar-refractivity contribution in [3.8, 4) is 5.75 Å². The smallest absolute Gasteiger partial charge is 0.277 e. The molecule has 0 saturated heterocycles. The van der Waals surface area contributed by atoms with Gasteiger partial charge in [0.2, 0.25) is 5.91 Å². The number of amides is 1. The predicted molar refractivity (Wildman–Crippen MR) is 103 cm³/mol. The van der Waals surface area contributed by atoms with E-state index in [-0.39, 0.29) is 35.1 Å². The van der Waals surface area contributed by atoms with Crippen molar-refractivity contribution in [2.24, 2.45) is 0 Å². The van der Waals surface area contributed by atoms with E-state index in [9.17, 15) is 14.9 Å². The van der Waals surface area contributed by atoms with Crippen molar-refractivity contribution >= 4 is 40.6 Å². The van der Waals surface area contributed by atoms with Crippen LogP contribution >= 0.6 is 23.4 Å². The van der Waals surface area contributed by atoms with Gasteiger partial charge in [0, 0.05) is 22.8 Å². The topological polar surface area (TPSA) is 120 Å². The second-order valence-corrected chi connectivity index (χ2v) is 6.71. The number of carbonyl (C=O) groups is 1. The molecule has 2 aromatic carbocycles. The molecule has 1 amide bonds. The number of nitro groups is 1. The van der Waals surface area contributed by atoms with Crippen LogP contribution in [0.3, 0.4) is 0 Å². The molecule has 11 heteroatoms. The first-order valence-electron chi connectivity index (χ1n) is 7.87. The van der Waals surface area contributed by atoms with Crippen LogP contribution in [0.1, 0.15) is 5.89 Å². The van der Waals surface area contributed by atoms with Crippen LogP contribution in [0.2, 0.25) is 5.02 Å².